The molecule has 1 aromatic carbocycles. The van der Waals surface area contributed by atoms with E-state index < -0.39 is 61.1 Å². The average Bonchev–Trinajstić information content (AvgIpc) is 3.06. The molecule has 0 saturated carbocycles. The molecule has 30 heavy (non-hydrogen) atoms. The molecule has 3 aromatic rings. The number of furan rings is 1. The van der Waals surface area contributed by atoms with Crippen LogP contribution in [0.4, 0.5) is 17.6 Å². The first-order valence-electron chi connectivity index (χ1n) is 8.02. The molecule has 1 aliphatic heterocycles. The van der Waals surface area contributed by atoms with Crippen LogP contribution in [0.2, 0.25) is 0 Å². The number of phosphoric acid groups is 1. The van der Waals surface area contributed by atoms with Crippen molar-refractivity contribution in [1.82, 2.24) is 9.55 Å². The lowest BCUT2D eigenvalue weighted by Crippen LogP contribution is -2.30. The lowest BCUT2D eigenvalue weighted by Gasteiger charge is -2.21. The van der Waals surface area contributed by atoms with E-state index in [9.17, 15) is 31.7 Å². The summed E-state index contributed by atoms with van der Waals surface area (Å²) in [6, 6.07) is 1.88. The number of hydrogen-bond donors (Lipinski definition) is 1. The van der Waals surface area contributed by atoms with E-state index in [1.807, 2.05) is 0 Å². The van der Waals surface area contributed by atoms with Crippen molar-refractivity contribution in [2.75, 3.05) is 0 Å². The fraction of sp³-hybridized carbons (Fsp3) is 0.125. The minimum atomic E-state index is -4.38. The number of halogens is 4. The fourth-order valence-corrected chi connectivity index (χ4v) is 3.65. The maximum atomic E-state index is 13.7. The minimum Gasteiger partial charge on any atom is -0.438 e. The third-order valence-corrected chi connectivity index (χ3v) is 5.24. The standard InChI is InChI=1S/C16H9F4N2O7P/c17-7-1-9(18)8(10(19)2-7)5-26-30(25)27-6-13-12(29-30)3-14(28-13)22-4-11(20)15(23)21-16(22)24/h1-4H,5-6H2,(H,21,23,24). The number of phosphoric ester groups is 1. The van der Waals surface area contributed by atoms with Crippen LogP contribution in [-0.4, -0.2) is 9.55 Å². The molecule has 158 valence electrons. The van der Waals surface area contributed by atoms with Crippen molar-refractivity contribution in [1.29, 1.82) is 0 Å². The molecule has 2 aromatic heterocycles. The monoisotopic (exact) mass is 448 g/mol. The number of fused-ring (bicyclic) bond motifs is 1. The Morgan fingerprint density at radius 3 is 2.50 bits per heavy atom. The number of aromatic nitrogens is 2. The van der Waals surface area contributed by atoms with Crippen LogP contribution in [0.1, 0.15) is 11.3 Å². The predicted molar refractivity (Wildman–Crippen MR) is 89.0 cm³/mol. The van der Waals surface area contributed by atoms with Crippen LogP contribution in [0.5, 0.6) is 5.75 Å². The van der Waals surface area contributed by atoms with Gasteiger partial charge in [0.15, 0.2) is 11.5 Å². The second kappa shape index (κ2) is 7.27. The Kier molecular flexibility index (Phi) is 4.88. The number of hydrogen-bond acceptors (Lipinski definition) is 7. The van der Waals surface area contributed by atoms with Gasteiger partial charge in [-0.3, -0.25) is 18.8 Å². The molecule has 0 amide bonds. The molecule has 1 atom stereocenters. The van der Waals surface area contributed by atoms with Gasteiger partial charge < -0.3 is 8.94 Å². The summed E-state index contributed by atoms with van der Waals surface area (Å²) in [6.45, 7) is -1.39. The zero-order valence-electron chi connectivity index (χ0n) is 14.5. The summed E-state index contributed by atoms with van der Waals surface area (Å²) in [5.41, 5.74) is -2.95. The van der Waals surface area contributed by atoms with Gasteiger partial charge in [-0.15, -0.1) is 0 Å². The molecule has 1 N–H and O–H groups in total. The van der Waals surface area contributed by atoms with Crippen molar-refractivity contribution in [3.63, 3.8) is 0 Å². The second-order valence-electron chi connectivity index (χ2n) is 5.91. The van der Waals surface area contributed by atoms with E-state index in [0.29, 0.717) is 22.9 Å². The van der Waals surface area contributed by atoms with Gasteiger partial charge in [0.2, 0.25) is 11.7 Å². The topological polar surface area (TPSA) is 113 Å². The van der Waals surface area contributed by atoms with Crippen LogP contribution in [0.3, 0.4) is 0 Å². The molecule has 9 nitrogen and oxygen atoms in total. The Balaban J connectivity index is 1.57. The second-order valence-corrected chi connectivity index (χ2v) is 7.51. The number of rotatable bonds is 4. The van der Waals surface area contributed by atoms with Gasteiger partial charge in [-0.25, -0.2) is 27.1 Å². The Bertz CT molecular complexity index is 1290. The van der Waals surface area contributed by atoms with Gasteiger partial charge in [0.25, 0.3) is 5.56 Å². The smallest absolute Gasteiger partial charge is 0.438 e. The Morgan fingerprint density at radius 1 is 1.10 bits per heavy atom. The van der Waals surface area contributed by atoms with Crippen LogP contribution in [0.15, 0.2) is 38.4 Å². The van der Waals surface area contributed by atoms with Crippen LogP contribution in [0, 0.1) is 23.3 Å². The zero-order valence-corrected chi connectivity index (χ0v) is 15.4. The van der Waals surface area contributed by atoms with Gasteiger partial charge in [0, 0.05) is 18.2 Å². The Morgan fingerprint density at radius 2 is 1.80 bits per heavy atom. The first-order valence-corrected chi connectivity index (χ1v) is 9.48. The highest BCUT2D eigenvalue weighted by Gasteiger charge is 2.37. The highest BCUT2D eigenvalue weighted by molar-refractivity contribution is 7.49. The minimum absolute atomic E-state index is 0.0577. The molecule has 1 unspecified atom stereocenters. The summed E-state index contributed by atoms with van der Waals surface area (Å²) in [5, 5.41) is 0. The summed E-state index contributed by atoms with van der Waals surface area (Å²) in [5.74, 6) is -5.50. The number of aromatic amines is 1. The number of nitrogens with one attached hydrogen (secondary N) is 1. The largest absolute Gasteiger partial charge is 0.530 e. The maximum absolute atomic E-state index is 13.7. The van der Waals surface area contributed by atoms with Gasteiger partial charge in [-0.2, -0.15) is 4.39 Å². The third kappa shape index (κ3) is 3.70. The van der Waals surface area contributed by atoms with Crippen molar-refractivity contribution in [3.8, 4) is 11.6 Å². The van der Waals surface area contributed by atoms with Gasteiger partial charge in [0.05, 0.1) is 18.4 Å². The molecule has 0 aliphatic carbocycles. The lowest BCUT2D eigenvalue weighted by molar-refractivity contribution is 0.116. The van der Waals surface area contributed by atoms with Crippen molar-refractivity contribution < 1.29 is 40.1 Å². The van der Waals surface area contributed by atoms with E-state index in [4.69, 9.17) is 18.0 Å². The van der Waals surface area contributed by atoms with Gasteiger partial charge >= 0.3 is 13.5 Å². The van der Waals surface area contributed by atoms with E-state index >= 15 is 0 Å². The molecule has 0 fully saturated rings. The molecule has 1 aliphatic rings. The van der Waals surface area contributed by atoms with Crippen molar-refractivity contribution >= 4 is 7.82 Å². The summed E-state index contributed by atoms with van der Waals surface area (Å²) >= 11 is 0. The van der Waals surface area contributed by atoms with Crippen LogP contribution >= 0.6 is 7.82 Å². The maximum Gasteiger partial charge on any atom is 0.530 e. The van der Waals surface area contributed by atoms with E-state index in [2.05, 4.69) is 0 Å². The number of benzene rings is 1. The Hall–Kier alpha value is -3.15. The summed E-state index contributed by atoms with van der Waals surface area (Å²) < 4.78 is 87.1. The summed E-state index contributed by atoms with van der Waals surface area (Å²) in [7, 11) is -4.38. The highest BCUT2D eigenvalue weighted by atomic mass is 31.2. The van der Waals surface area contributed by atoms with Gasteiger partial charge in [0.1, 0.15) is 24.1 Å². The van der Waals surface area contributed by atoms with E-state index in [1.54, 1.807) is 4.98 Å². The number of H-pyrrole nitrogens is 1. The SMILES string of the molecule is O=c1[nH]c(=O)n(-c2cc3c(o2)COP(=O)(OCc2c(F)cc(F)cc2F)O3)cc1F. The van der Waals surface area contributed by atoms with Crippen LogP contribution in [0.25, 0.3) is 5.88 Å². The highest BCUT2D eigenvalue weighted by Crippen LogP contribution is 2.55. The van der Waals surface area contributed by atoms with E-state index in [-0.39, 0.29) is 17.4 Å². The summed E-state index contributed by atoms with van der Waals surface area (Å²) in [6.07, 6.45) is 0.572. The van der Waals surface area contributed by atoms with Gasteiger partial charge in [-0.05, 0) is 0 Å². The quantitative estimate of drug-likeness (QED) is 0.483. The molecule has 0 spiro atoms. The van der Waals surface area contributed by atoms with Crippen LogP contribution < -0.4 is 15.8 Å². The van der Waals surface area contributed by atoms with Gasteiger partial charge in [-0.1, -0.05) is 0 Å². The molecular weight excluding hydrogens is 439 g/mol. The first kappa shape index (κ1) is 20.1. The normalized spacial score (nSPS) is 18.1. The van der Waals surface area contributed by atoms with E-state index in [1.165, 1.54) is 0 Å². The first-order chi connectivity index (χ1) is 14.1. The lowest BCUT2D eigenvalue weighted by atomic mass is 10.2. The molecule has 0 radical (unpaired) electrons. The van der Waals surface area contributed by atoms with E-state index in [0.717, 1.165) is 6.07 Å². The van der Waals surface area contributed by atoms with Crippen molar-refractivity contribution in [2.45, 2.75) is 13.2 Å². The van der Waals surface area contributed by atoms with Crippen LogP contribution in [-0.2, 0) is 26.8 Å². The molecule has 4 rings (SSSR count). The predicted octanol–water partition coefficient (Wildman–Crippen LogP) is 2.91. The van der Waals surface area contributed by atoms with Crippen molar-refractivity contribution in [2.24, 2.45) is 0 Å². The molecular formula is C16H9F4N2O7P. The third-order valence-electron chi connectivity index (χ3n) is 3.93. The molecule has 3 heterocycles. The zero-order chi connectivity index (χ0) is 21.6. The number of nitrogens with zero attached hydrogens (tertiary/aromatic N) is 1. The Labute approximate surface area is 163 Å². The molecule has 0 bridgehead atoms. The average molecular weight is 448 g/mol. The fourth-order valence-electron chi connectivity index (χ4n) is 2.51. The van der Waals surface area contributed by atoms with Crippen molar-refractivity contribution in [3.05, 3.63) is 79.8 Å². The summed E-state index contributed by atoms with van der Waals surface area (Å²) in [4.78, 5) is 24.6. The molecule has 0 saturated heterocycles. The molecule has 14 heteroatoms.